The molecular formula is C27H26O5S. The van der Waals surface area contributed by atoms with Gasteiger partial charge in [0.25, 0.3) is 0 Å². The number of benzene rings is 1. The third-order valence-corrected chi connectivity index (χ3v) is 7.37. The maximum atomic E-state index is 12.5. The van der Waals surface area contributed by atoms with E-state index in [1.807, 2.05) is 19.1 Å². The molecule has 33 heavy (non-hydrogen) atoms. The van der Waals surface area contributed by atoms with Gasteiger partial charge in [0, 0.05) is 33.6 Å². The Morgan fingerprint density at radius 1 is 1.12 bits per heavy atom. The molecule has 3 unspecified atom stereocenters. The summed E-state index contributed by atoms with van der Waals surface area (Å²) >= 11 is 1.56. The van der Waals surface area contributed by atoms with Gasteiger partial charge >= 0.3 is 5.97 Å². The smallest absolute Gasteiger partial charge is 0.328 e. The van der Waals surface area contributed by atoms with Crippen molar-refractivity contribution in [2.75, 3.05) is 0 Å². The molecule has 2 aliphatic carbocycles. The number of carboxylic acids is 1. The van der Waals surface area contributed by atoms with Crippen LogP contribution in [0.2, 0.25) is 0 Å². The second kappa shape index (κ2) is 9.33. The van der Waals surface area contributed by atoms with Gasteiger partial charge in [0.2, 0.25) is 0 Å². The average Bonchev–Trinajstić information content (AvgIpc) is 3.14. The van der Waals surface area contributed by atoms with Gasteiger partial charge in [-0.25, -0.2) is 4.79 Å². The van der Waals surface area contributed by atoms with E-state index in [2.05, 4.69) is 13.0 Å². The molecule has 0 spiro atoms. The van der Waals surface area contributed by atoms with Gasteiger partial charge in [0.05, 0.1) is 11.0 Å². The van der Waals surface area contributed by atoms with Crippen molar-refractivity contribution in [3.8, 4) is 11.5 Å². The van der Waals surface area contributed by atoms with Crippen LogP contribution in [-0.4, -0.2) is 28.1 Å². The molecular weight excluding hydrogens is 436 g/mol. The minimum absolute atomic E-state index is 0.0525. The minimum atomic E-state index is -1.00. The molecule has 0 saturated carbocycles. The lowest BCUT2D eigenvalue weighted by molar-refractivity contribution is -0.131. The van der Waals surface area contributed by atoms with Crippen molar-refractivity contribution in [1.82, 2.24) is 0 Å². The first-order valence-corrected chi connectivity index (χ1v) is 11.7. The molecule has 0 saturated heterocycles. The Bertz CT molecular complexity index is 1210. The number of carboxylic acid groups (broad SMARTS) is 1. The molecule has 6 heteroatoms. The number of hydrogen-bond donors (Lipinski definition) is 2. The number of ether oxygens (including phenoxy) is 1. The van der Waals surface area contributed by atoms with E-state index in [1.165, 1.54) is 6.08 Å². The number of aliphatic carboxylic acids is 1. The van der Waals surface area contributed by atoms with E-state index >= 15 is 0 Å². The van der Waals surface area contributed by atoms with Gasteiger partial charge in [-0.05, 0) is 43.0 Å². The van der Waals surface area contributed by atoms with Crippen molar-refractivity contribution in [3.05, 3.63) is 75.0 Å². The van der Waals surface area contributed by atoms with E-state index in [4.69, 9.17) is 9.84 Å². The molecule has 0 amide bonds. The van der Waals surface area contributed by atoms with E-state index in [9.17, 15) is 14.7 Å². The highest BCUT2D eigenvalue weighted by molar-refractivity contribution is 7.14. The van der Waals surface area contributed by atoms with Gasteiger partial charge in [-0.15, -0.1) is 11.3 Å². The number of fused-ring (bicyclic) bond motifs is 1. The number of rotatable bonds is 6. The summed E-state index contributed by atoms with van der Waals surface area (Å²) in [4.78, 5) is 25.1. The third-order valence-electron chi connectivity index (χ3n) is 5.94. The predicted octanol–water partition coefficient (Wildman–Crippen LogP) is 6.07. The predicted molar refractivity (Wildman–Crippen MR) is 131 cm³/mol. The quantitative estimate of drug-likeness (QED) is 0.509. The van der Waals surface area contributed by atoms with Gasteiger partial charge in [-0.2, -0.15) is 0 Å². The van der Waals surface area contributed by atoms with Crippen molar-refractivity contribution in [2.24, 2.45) is 5.92 Å². The van der Waals surface area contributed by atoms with Crippen molar-refractivity contribution in [3.63, 3.8) is 0 Å². The van der Waals surface area contributed by atoms with Crippen molar-refractivity contribution in [2.45, 2.75) is 39.2 Å². The van der Waals surface area contributed by atoms with Crippen molar-refractivity contribution in [1.29, 1.82) is 0 Å². The Kier molecular flexibility index (Phi) is 6.49. The van der Waals surface area contributed by atoms with E-state index in [0.29, 0.717) is 23.8 Å². The van der Waals surface area contributed by atoms with Crippen molar-refractivity contribution < 1.29 is 24.5 Å². The van der Waals surface area contributed by atoms with Crippen LogP contribution in [0.15, 0.2) is 54.1 Å². The Labute approximate surface area is 197 Å². The summed E-state index contributed by atoms with van der Waals surface area (Å²) in [5.41, 5.74) is 3.34. The van der Waals surface area contributed by atoms with Crippen LogP contribution in [0.25, 0.3) is 17.7 Å². The summed E-state index contributed by atoms with van der Waals surface area (Å²) in [5, 5.41) is 19.2. The van der Waals surface area contributed by atoms with Gasteiger partial charge in [0.15, 0.2) is 11.5 Å². The first kappa shape index (κ1) is 23.0. The van der Waals surface area contributed by atoms with Crippen LogP contribution >= 0.6 is 11.3 Å². The summed E-state index contributed by atoms with van der Waals surface area (Å²) < 4.78 is 6.38. The number of aliphatic hydroxyl groups excluding tert-OH is 1. The monoisotopic (exact) mass is 462 g/mol. The molecule has 1 heterocycles. The SMILES string of the molecule is CC(=O)C1=C(c2sc3c(c2Oc2ccc(/C=C/C(=O)O)cc2)C=CC(O)C3C)C=CC(C)C1. The second-order valence-corrected chi connectivity index (χ2v) is 9.56. The van der Waals surface area contributed by atoms with Crippen molar-refractivity contribution >= 4 is 40.8 Å². The van der Waals surface area contributed by atoms with Gasteiger partial charge < -0.3 is 14.9 Å². The number of carbonyl (C=O) groups excluding carboxylic acids is 1. The maximum absolute atomic E-state index is 12.5. The molecule has 2 N–H and O–H groups in total. The Morgan fingerprint density at radius 3 is 2.52 bits per heavy atom. The van der Waals surface area contributed by atoms with Gasteiger partial charge in [0.1, 0.15) is 5.75 Å². The molecule has 0 fully saturated rings. The molecule has 4 rings (SSSR count). The van der Waals surface area contributed by atoms with Crippen LogP contribution in [0.1, 0.15) is 54.0 Å². The fraction of sp³-hybridized carbons (Fsp3) is 0.259. The van der Waals surface area contributed by atoms with E-state index < -0.39 is 12.1 Å². The Balaban J connectivity index is 1.80. The maximum Gasteiger partial charge on any atom is 0.328 e. The summed E-state index contributed by atoms with van der Waals surface area (Å²) in [6, 6.07) is 7.16. The molecule has 3 atom stereocenters. The molecule has 0 aliphatic heterocycles. The van der Waals surface area contributed by atoms with Crippen LogP contribution in [0.4, 0.5) is 0 Å². The molecule has 1 aromatic carbocycles. The average molecular weight is 463 g/mol. The highest BCUT2D eigenvalue weighted by atomic mass is 32.1. The van der Waals surface area contributed by atoms with Crippen LogP contribution in [-0.2, 0) is 9.59 Å². The molecule has 5 nitrogen and oxygen atoms in total. The number of thiophene rings is 1. The number of aliphatic hydroxyl groups is 1. The van der Waals surface area contributed by atoms with Gasteiger partial charge in [-0.3, -0.25) is 4.79 Å². The second-order valence-electron chi connectivity index (χ2n) is 8.51. The normalized spacial score (nSPS) is 22.0. The lowest BCUT2D eigenvalue weighted by Crippen LogP contribution is -2.15. The number of ketones is 1. The first-order chi connectivity index (χ1) is 15.7. The zero-order chi connectivity index (χ0) is 23.7. The van der Waals surface area contributed by atoms with E-state index in [1.54, 1.807) is 48.6 Å². The summed E-state index contributed by atoms with van der Waals surface area (Å²) in [6.45, 7) is 5.68. The Morgan fingerprint density at radius 2 is 1.85 bits per heavy atom. The third kappa shape index (κ3) is 4.77. The highest BCUT2D eigenvalue weighted by Gasteiger charge is 2.31. The molecule has 0 bridgehead atoms. The summed E-state index contributed by atoms with van der Waals surface area (Å²) in [7, 11) is 0. The van der Waals surface area contributed by atoms with Crippen LogP contribution < -0.4 is 4.74 Å². The van der Waals surface area contributed by atoms with E-state index in [-0.39, 0.29) is 11.7 Å². The summed E-state index contributed by atoms with van der Waals surface area (Å²) in [6.07, 6.45) is 10.5. The molecule has 2 aliphatic rings. The first-order valence-electron chi connectivity index (χ1n) is 10.9. The van der Waals surface area contributed by atoms with E-state index in [0.717, 1.165) is 38.1 Å². The topological polar surface area (TPSA) is 83.8 Å². The van der Waals surface area contributed by atoms with Crippen LogP contribution in [0.5, 0.6) is 11.5 Å². The van der Waals surface area contributed by atoms with Crippen LogP contribution in [0.3, 0.4) is 0 Å². The fourth-order valence-corrected chi connectivity index (χ4v) is 5.44. The fourth-order valence-electron chi connectivity index (χ4n) is 4.08. The van der Waals surface area contributed by atoms with Crippen LogP contribution in [0, 0.1) is 5.92 Å². The molecule has 1 aromatic heterocycles. The highest BCUT2D eigenvalue weighted by Crippen LogP contribution is 2.50. The number of carbonyl (C=O) groups is 2. The summed E-state index contributed by atoms with van der Waals surface area (Å²) in [5.74, 6) is 0.539. The zero-order valence-electron chi connectivity index (χ0n) is 18.7. The Hall–Kier alpha value is -3.22. The molecule has 2 aromatic rings. The molecule has 0 radical (unpaired) electrons. The van der Waals surface area contributed by atoms with Gasteiger partial charge in [-0.1, -0.05) is 50.3 Å². The molecule has 170 valence electrons. The lowest BCUT2D eigenvalue weighted by atomic mass is 9.87. The lowest BCUT2D eigenvalue weighted by Gasteiger charge is -2.20. The minimum Gasteiger partial charge on any atom is -0.478 e. The zero-order valence-corrected chi connectivity index (χ0v) is 19.6. The largest absolute Gasteiger partial charge is 0.478 e. The standard InChI is InChI=1S/C27H26O5S/c1-15-4-10-20(22(14-15)17(3)28)27-25(21-11-12-23(29)16(2)26(21)33-27)32-19-8-5-18(6-9-19)7-13-24(30)31/h4-13,15-16,23,29H,14H2,1-3H3,(H,30,31)/b13-7+. The number of allylic oxidation sites excluding steroid dienone is 4. The number of hydrogen-bond acceptors (Lipinski definition) is 5. The number of Topliss-reactive ketones (excluding diaryl/α,β-unsaturated/α-hetero) is 1.